The minimum Gasteiger partial charge on any atom is -0.462 e. The number of Topliss-reactive ketones (excluding diaryl/α,β-unsaturated/α-hetero) is 1. The van der Waals surface area contributed by atoms with Crippen LogP contribution in [0.25, 0.3) is 0 Å². The molecule has 1 heterocycles. The van der Waals surface area contributed by atoms with Crippen LogP contribution in [0.1, 0.15) is 40.0 Å². The number of carbonyl (C=O) groups excluding carboxylic acids is 2. The van der Waals surface area contributed by atoms with Gasteiger partial charge < -0.3 is 4.74 Å². The van der Waals surface area contributed by atoms with Crippen molar-refractivity contribution in [3.05, 3.63) is 0 Å². The van der Waals surface area contributed by atoms with E-state index in [1.54, 1.807) is 13.8 Å². The van der Waals surface area contributed by atoms with Gasteiger partial charge in [0, 0.05) is 0 Å². The topological polar surface area (TPSA) is 43.4 Å². The number of unbranched alkanes of at least 4 members (excludes halogenated alkanes) is 1. The molecule has 3 heteroatoms. The molecule has 3 unspecified atom stereocenters. The fourth-order valence-corrected chi connectivity index (χ4v) is 2.15. The van der Waals surface area contributed by atoms with Crippen LogP contribution in [0.4, 0.5) is 0 Å². The van der Waals surface area contributed by atoms with Gasteiger partial charge in [-0.25, -0.2) is 0 Å². The molecule has 0 aromatic carbocycles. The van der Waals surface area contributed by atoms with Gasteiger partial charge in [0.25, 0.3) is 0 Å². The Balaban J connectivity index is 2.68. The Bertz CT molecular complexity index is 235. The molecule has 1 saturated heterocycles. The number of esters is 1. The molecule has 0 spiro atoms. The quantitative estimate of drug-likeness (QED) is 0.648. The van der Waals surface area contributed by atoms with E-state index in [0.29, 0.717) is 0 Å². The highest BCUT2D eigenvalue weighted by atomic mass is 16.6. The maximum absolute atomic E-state index is 11.4. The molecule has 0 amide bonds. The summed E-state index contributed by atoms with van der Waals surface area (Å²) in [6, 6.07) is 0. The highest BCUT2D eigenvalue weighted by Crippen LogP contribution is 2.32. The summed E-state index contributed by atoms with van der Waals surface area (Å²) < 4.78 is 5.09. The van der Waals surface area contributed by atoms with E-state index in [-0.39, 0.29) is 29.7 Å². The lowest BCUT2D eigenvalue weighted by Crippen LogP contribution is -2.25. The second kappa shape index (κ2) is 4.58. The van der Waals surface area contributed by atoms with Crippen molar-refractivity contribution in [3.8, 4) is 0 Å². The van der Waals surface area contributed by atoms with Crippen LogP contribution in [-0.4, -0.2) is 17.9 Å². The van der Waals surface area contributed by atoms with E-state index in [1.807, 2.05) is 0 Å². The van der Waals surface area contributed by atoms with Gasteiger partial charge in [-0.05, 0) is 20.3 Å². The molecule has 3 atom stereocenters. The zero-order chi connectivity index (χ0) is 10.7. The standard InChI is InChI=1S/C11H18O3/c1-4-5-6-9-10(7(2)12)8(3)14-11(9)13/h8-10H,4-6H2,1-3H3. The molecule has 1 aliphatic heterocycles. The first-order valence-electron chi connectivity index (χ1n) is 5.28. The molecule has 14 heavy (non-hydrogen) atoms. The number of carbonyl (C=O) groups is 2. The molecule has 3 nitrogen and oxygen atoms in total. The van der Waals surface area contributed by atoms with Gasteiger partial charge in [0.2, 0.25) is 0 Å². The van der Waals surface area contributed by atoms with Crippen molar-refractivity contribution in [2.75, 3.05) is 0 Å². The van der Waals surface area contributed by atoms with Gasteiger partial charge in [0.05, 0.1) is 11.8 Å². The van der Waals surface area contributed by atoms with E-state index in [1.165, 1.54) is 0 Å². The average Bonchev–Trinajstić information content (AvgIpc) is 2.37. The Kier molecular flexibility index (Phi) is 3.67. The third-order valence-corrected chi connectivity index (χ3v) is 2.88. The van der Waals surface area contributed by atoms with Crippen molar-refractivity contribution in [1.82, 2.24) is 0 Å². The first-order valence-corrected chi connectivity index (χ1v) is 5.28. The van der Waals surface area contributed by atoms with E-state index in [2.05, 4.69) is 6.92 Å². The highest BCUT2D eigenvalue weighted by molar-refractivity contribution is 5.88. The van der Waals surface area contributed by atoms with E-state index >= 15 is 0 Å². The molecule has 0 bridgehead atoms. The summed E-state index contributed by atoms with van der Waals surface area (Å²) in [6.45, 7) is 5.42. The van der Waals surface area contributed by atoms with Crippen LogP contribution in [-0.2, 0) is 14.3 Å². The summed E-state index contributed by atoms with van der Waals surface area (Å²) in [7, 11) is 0. The fourth-order valence-electron chi connectivity index (χ4n) is 2.15. The van der Waals surface area contributed by atoms with Gasteiger partial charge in [0.1, 0.15) is 11.9 Å². The Morgan fingerprint density at radius 1 is 1.50 bits per heavy atom. The van der Waals surface area contributed by atoms with Crippen LogP contribution in [0.3, 0.4) is 0 Å². The summed E-state index contributed by atoms with van der Waals surface area (Å²) in [5.74, 6) is -0.521. The third-order valence-electron chi connectivity index (χ3n) is 2.88. The first-order chi connectivity index (χ1) is 6.57. The SMILES string of the molecule is CCCCC1C(=O)OC(C)C1C(C)=O. The van der Waals surface area contributed by atoms with E-state index in [4.69, 9.17) is 4.74 Å². The van der Waals surface area contributed by atoms with Crippen LogP contribution in [0, 0.1) is 11.8 Å². The van der Waals surface area contributed by atoms with Gasteiger partial charge in [-0.15, -0.1) is 0 Å². The molecular formula is C11H18O3. The Hall–Kier alpha value is -0.860. The lowest BCUT2D eigenvalue weighted by Gasteiger charge is -2.14. The molecule has 80 valence electrons. The van der Waals surface area contributed by atoms with Crippen molar-refractivity contribution in [3.63, 3.8) is 0 Å². The summed E-state index contributed by atoms with van der Waals surface area (Å²) in [6.07, 6.45) is 2.57. The van der Waals surface area contributed by atoms with Crippen molar-refractivity contribution >= 4 is 11.8 Å². The molecule has 0 saturated carbocycles. The maximum Gasteiger partial charge on any atom is 0.310 e. The molecule has 0 aromatic rings. The number of hydrogen-bond acceptors (Lipinski definition) is 3. The monoisotopic (exact) mass is 198 g/mol. The summed E-state index contributed by atoms with van der Waals surface area (Å²) >= 11 is 0. The molecule has 1 aliphatic rings. The van der Waals surface area contributed by atoms with E-state index < -0.39 is 0 Å². The van der Waals surface area contributed by atoms with E-state index in [0.717, 1.165) is 19.3 Å². The Morgan fingerprint density at radius 2 is 2.14 bits per heavy atom. The van der Waals surface area contributed by atoms with Crippen LogP contribution >= 0.6 is 0 Å². The van der Waals surface area contributed by atoms with Gasteiger partial charge in [0.15, 0.2) is 0 Å². The lowest BCUT2D eigenvalue weighted by atomic mass is 9.84. The number of cyclic esters (lactones) is 1. The zero-order valence-electron chi connectivity index (χ0n) is 9.08. The zero-order valence-corrected chi connectivity index (χ0v) is 9.08. The van der Waals surface area contributed by atoms with E-state index in [9.17, 15) is 9.59 Å². The number of hydrogen-bond donors (Lipinski definition) is 0. The molecular weight excluding hydrogens is 180 g/mol. The molecule has 0 aromatic heterocycles. The normalized spacial score (nSPS) is 31.6. The summed E-state index contributed by atoms with van der Waals surface area (Å²) in [4.78, 5) is 22.8. The highest BCUT2D eigenvalue weighted by Gasteiger charge is 2.44. The van der Waals surface area contributed by atoms with Crippen LogP contribution in [0.2, 0.25) is 0 Å². The second-order valence-corrected chi connectivity index (χ2v) is 4.03. The minimum atomic E-state index is -0.234. The van der Waals surface area contributed by atoms with Crippen LogP contribution < -0.4 is 0 Å². The molecule has 0 radical (unpaired) electrons. The van der Waals surface area contributed by atoms with Crippen LogP contribution in [0.15, 0.2) is 0 Å². The largest absolute Gasteiger partial charge is 0.462 e. The lowest BCUT2D eigenvalue weighted by molar-refractivity contribution is -0.143. The molecule has 0 N–H and O–H groups in total. The van der Waals surface area contributed by atoms with Crippen molar-refractivity contribution in [2.24, 2.45) is 11.8 Å². The first kappa shape index (κ1) is 11.2. The second-order valence-electron chi connectivity index (χ2n) is 4.03. The third kappa shape index (κ3) is 2.14. The van der Waals surface area contributed by atoms with Crippen molar-refractivity contribution in [1.29, 1.82) is 0 Å². The predicted molar refractivity (Wildman–Crippen MR) is 52.7 cm³/mol. The van der Waals surface area contributed by atoms with Crippen molar-refractivity contribution < 1.29 is 14.3 Å². The summed E-state index contributed by atoms with van der Waals surface area (Å²) in [5, 5.41) is 0. The number of ketones is 1. The van der Waals surface area contributed by atoms with Crippen molar-refractivity contribution in [2.45, 2.75) is 46.1 Å². The smallest absolute Gasteiger partial charge is 0.310 e. The number of ether oxygens (including phenoxy) is 1. The Morgan fingerprint density at radius 3 is 2.64 bits per heavy atom. The minimum absolute atomic E-state index is 0.0736. The summed E-state index contributed by atoms with van der Waals surface area (Å²) in [5.41, 5.74) is 0. The van der Waals surface area contributed by atoms with Gasteiger partial charge in [-0.3, -0.25) is 9.59 Å². The van der Waals surface area contributed by atoms with Crippen LogP contribution in [0.5, 0.6) is 0 Å². The molecule has 1 rings (SSSR count). The van der Waals surface area contributed by atoms with Gasteiger partial charge in [-0.1, -0.05) is 19.8 Å². The predicted octanol–water partition coefficient (Wildman–Crippen LogP) is 1.94. The molecule has 0 aliphatic carbocycles. The fraction of sp³-hybridized carbons (Fsp3) is 0.818. The average molecular weight is 198 g/mol. The van der Waals surface area contributed by atoms with Gasteiger partial charge >= 0.3 is 5.97 Å². The van der Waals surface area contributed by atoms with Gasteiger partial charge in [-0.2, -0.15) is 0 Å². The number of rotatable bonds is 4. The maximum atomic E-state index is 11.4. The Labute approximate surface area is 84.8 Å². The molecule has 1 fully saturated rings.